The highest BCUT2D eigenvalue weighted by Crippen LogP contribution is 2.23. The molecule has 7 nitrogen and oxygen atoms in total. The van der Waals surface area contributed by atoms with Crippen LogP contribution < -0.4 is 4.74 Å². The third-order valence-corrected chi connectivity index (χ3v) is 4.78. The number of amides is 1. The van der Waals surface area contributed by atoms with E-state index in [1.807, 2.05) is 18.2 Å². The van der Waals surface area contributed by atoms with Crippen LogP contribution in [0.2, 0.25) is 5.02 Å². The van der Waals surface area contributed by atoms with E-state index in [0.29, 0.717) is 36.0 Å². The molecule has 1 saturated heterocycles. The zero-order valence-electron chi connectivity index (χ0n) is 14.7. The Morgan fingerprint density at radius 2 is 1.85 bits per heavy atom. The highest BCUT2D eigenvalue weighted by atomic mass is 35.5. The van der Waals surface area contributed by atoms with Gasteiger partial charge in [0.2, 0.25) is 0 Å². The lowest BCUT2D eigenvalue weighted by molar-refractivity contribution is -0.384. The van der Waals surface area contributed by atoms with Crippen molar-refractivity contribution >= 4 is 23.2 Å². The van der Waals surface area contributed by atoms with Crippen LogP contribution in [0.25, 0.3) is 0 Å². The van der Waals surface area contributed by atoms with Gasteiger partial charge < -0.3 is 9.64 Å². The molecule has 1 heterocycles. The average molecular weight is 390 g/mol. The standard InChI is InChI=1S/C19H20ClN3O4/c20-17-6-1-2-7-18(17)27-13-12-21-8-10-22(11-9-21)19(24)15-4-3-5-16(14-15)23(25)26/h1-7,14H,8-13H2. The molecule has 27 heavy (non-hydrogen) atoms. The van der Waals surface area contributed by atoms with E-state index in [9.17, 15) is 14.9 Å². The van der Waals surface area contributed by atoms with Gasteiger partial charge in [-0.3, -0.25) is 19.8 Å². The number of rotatable bonds is 6. The molecule has 2 aromatic carbocycles. The average Bonchev–Trinajstić information content (AvgIpc) is 2.69. The molecular formula is C19H20ClN3O4. The van der Waals surface area contributed by atoms with Crippen LogP contribution in [0.3, 0.4) is 0 Å². The number of hydrogen-bond acceptors (Lipinski definition) is 5. The Hall–Kier alpha value is -2.64. The fraction of sp³-hybridized carbons (Fsp3) is 0.316. The molecule has 8 heteroatoms. The minimum absolute atomic E-state index is 0.0730. The molecule has 0 spiro atoms. The number of carbonyl (C=O) groups excluding carboxylic acids is 1. The summed E-state index contributed by atoms with van der Waals surface area (Å²) in [5.74, 6) is 0.490. The van der Waals surface area contributed by atoms with Gasteiger partial charge in [-0.15, -0.1) is 0 Å². The second kappa shape index (κ2) is 8.83. The first-order chi connectivity index (χ1) is 13.0. The van der Waals surface area contributed by atoms with Gasteiger partial charge in [-0.25, -0.2) is 0 Å². The Bertz CT molecular complexity index is 822. The van der Waals surface area contributed by atoms with E-state index >= 15 is 0 Å². The lowest BCUT2D eigenvalue weighted by Gasteiger charge is -2.34. The third-order valence-electron chi connectivity index (χ3n) is 4.47. The number of nitrogens with zero attached hydrogens (tertiary/aromatic N) is 3. The third kappa shape index (κ3) is 4.96. The molecule has 0 saturated carbocycles. The number of nitro benzene ring substituents is 1. The fourth-order valence-electron chi connectivity index (χ4n) is 2.96. The number of hydrogen-bond donors (Lipinski definition) is 0. The Labute approximate surface area is 162 Å². The number of benzene rings is 2. The normalized spacial score (nSPS) is 14.8. The minimum atomic E-state index is -0.492. The van der Waals surface area contributed by atoms with Gasteiger partial charge in [0.25, 0.3) is 11.6 Å². The summed E-state index contributed by atoms with van der Waals surface area (Å²) in [5, 5.41) is 11.5. The molecule has 0 N–H and O–H groups in total. The van der Waals surface area contributed by atoms with E-state index in [1.165, 1.54) is 18.2 Å². The molecule has 1 aliphatic heterocycles. The molecule has 1 fully saturated rings. The first-order valence-corrected chi connectivity index (χ1v) is 9.06. The van der Waals surface area contributed by atoms with Gasteiger partial charge in [-0.2, -0.15) is 0 Å². The predicted molar refractivity (Wildman–Crippen MR) is 102 cm³/mol. The van der Waals surface area contributed by atoms with Crippen LogP contribution in [-0.4, -0.2) is 60.0 Å². The van der Waals surface area contributed by atoms with Crippen LogP contribution in [0.15, 0.2) is 48.5 Å². The van der Waals surface area contributed by atoms with Crippen LogP contribution in [0.5, 0.6) is 5.75 Å². The van der Waals surface area contributed by atoms with Crippen molar-refractivity contribution in [2.75, 3.05) is 39.3 Å². The lowest BCUT2D eigenvalue weighted by atomic mass is 10.1. The Morgan fingerprint density at radius 3 is 2.56 bits per heavy atom. The Morgan fingerprint density at radius 1 is 1.11 bits per heavy atom. The van der Waals surface area contributed by atoms with Gasteiger partial charge in [0.1, 0.15) is 12.4 Å². The number of nitro groups is 1. The van der Waals surface area contributed by atoms with Gasteiger partial charge in [0, 0.05) is 50.4 Å². The summed E-state index contributed by atoms with van der Waals surface area (Å²) in [6.07, 6.45) is 0. The Balaban J connectivity index is 1.47. The number of halogens is 1. The summed E-state index contributed by atoms with van der Waals surface area (Å²) < 4.78 is 5.70. The summed E-state index contributed by atoms with van der Waals surface area (Å²) in [6, 6.07) is 13.2. The van der Waals surface area contributed by atoms with Crippen molar-refractivity contribution in [1.82, 2.24) is 9.80 Å². The molecule has 0 radical (unpaired) electrons. The number of ether oxygens (including phenoxy) is 1. The number of non-ortho nitro benzene ring substituents is 1. The molecule has 1 amide bonds. The SMILES string of the molecule is O=C(c1cccc([N+](=O)[O-])c1)N1CCN(CCOc2ccccc2Cl)CC1. The van der Waals surface area contributed by atoms with Gasteiger partial charge >= 0.3 is 0 Å². The smallest absolute Gasteiger partial charge is 0.270 e. The summed E-state index contributed by atoms with van der Waals surface area (Å²) in [7, 11) is 0. The van der Waals surface area contributed by atoms with E-state index in [4.69, 9.17) is 16.3 Å². The second-order valence-corrected chi connectivity index (χ2v) is 6.63. The molecule has 3 rings (SSSR count). The van der Waals surface area contributed by atoms with Gasteiger partial charge in [0.15, 0.2) is 0 Å². The van der Waals surface area contributed by atoms with Crippen molar-refractivity contribution in [3.05, 3.63) is 69.2 Å². The van der Waals surface area contributed by atoms with Crippen LogP contribution >= 0.6 is 11.6 Å². The quantitative estimate of drug-likeness (QED) is 0.560. The van der Waals surface area contributed by atoms with Crippen LogP contribution in [-0.2, 0) is 0 Å². The van der Waals surface area contributed by atoms with Crippen molar-refractivity contribution in [1.29, 1.82) is 0 Å². The molecule has 1 aliphatic rings. The van der Waals surface area contributed by atoms with E-state index in [1.54, 1.807) is 17.0 Å². The van der Waals surface area contributed by atoms with Crippen LogP contribution in [0.4, 0.5) is 5.69 Å². The van der Waals surface area contributed by atoms with Crippen molar-refractivity contribution in [2.45, 2.75) is 0 Å². The highest BCUT2D eigenvalue weighted by molar-refractivity contribution is 6.32. The molecule has 0 bridgehead atoms. The number of piperazine rings is 1. The van der Waals surface area contributed by atoms with E-state index in [0.717, 1.165) is 19.6 Å². The molecule has 0 atom stereocenters. The molecule has 0 unspecified atom stereocenters. The van der Waals surface area contributed by atoms with Gasteiger partial charge in [-0.05, 0) is 18.2 Å². The summed E-state index contributed by atoms with van der Waals surface area (Å²) in [6.45, 7) is 3.87. The molecular weight excluding hydrogens is 370 g/mol. The zero-order chi connectivity index (χ0) is 19.2. The van der Waals surface area contributed by atoms with Gasteiger partial charge in [0.05, 0.1) is 9.95 Å². The van der Waals surface area contributed by atoms with E-state index in [2.05, 4.69) is 4.90 Å². The maximum Gasteiger partial charge on any atom is 0.270 e. The summed E-state index contributed by atoms with van der Waals surface area (Å²) in [4.78, 5) is 26.9. The zero-order valence-corrected chi connectivity index (χ0v) is 15.5. The van der Waals surface area contributed by atoms with Crippen LogP contribution in [0, 0.1) is 10.1 Å². The minimum Gasteiger partial charge on any atom is -0.491 e. The summed E-state index contributed by atoms with van der Waals surface area (Å²) >= 11 is 6.06. The van der Waals surface area contributed by atoms with Crippen molar-refractivity contribution in [2.24, 2.45) is 0 Å². The Kier molecular flexibility index (Phi) is 6.26. The number of para-hydroxylation sites is 1. The van der Waals surface area contributed by atoms with Crippen LogP contribution in [0.1, 0.15) is 10.4 Å². The predicted octanol–water partition coefficient (Wildman–Crippen LogP) is 3.09. The van der Waals surface area contributed by atoms with Crippen molar-refractivity contribution < 1.29 is 14.5 Å². The van der Waals surface area contributed by atoms with Gasteiger partial charge in [-0.1, -0.05) is 29.8 Å². The van der Waals surface area contributed by atoms with E-state index in [-0.39, 0.29) is 11.6 Å². The number of carbonyl (C=O) groups is 1. The van der Waals surface area contributed by atoms with Crippen molar-refractivity contribution in [3.63, 3.8) is 0 Å². The monoisotopic (exact) mass is 389 g/mol. The van der Waals surface area contributed by atoms with E-state index < -0.39 is 4.92 Å². The first kappa shape index (κ1) is 19.1. The molecule has 2 aromatic rings. The largest absolute Gasteiger partial charge is 0.491 e. The highest BCUT2D eigenvalue weighted by Gasteiger charge is 2.23. The first-order valence-electron chi connectivity index (χ1n) is 8.68. The molecule has 0 aromatic heterocycles. The summed E-state index contributed by atoms with van der Waals surface area (Å²) in [5.41, 5.74) is 0.274. The topological polar surface area (TPSA) is 75.9 Å². The maximum atomic E-state index is 12.6. The maximum absolute atomic E-state index is 12.6. The second-order valence-electron chi connectivity index (χ2n) is 6.22. The lowest BCUT2D eigenvalue weighted by Crippen LogP contribution is -2.49. The van der Waals surface area contributed by atoms with Crippen molar-refractivity contribution in [3.8, 4) is 5.75 Å². The fourth-order valence-corrected chi connectivity index (χ4v) is 3.15. The molecule has 0 aliphatic carbocycles. The molecule has 142 valence electrons.